The number of benzene rings is 4. The van der Waals surface area contributed by atoms with Crippen molar-refractivity contribution in [3.8, 4) is 0 Å². The highest BCUT2D eigenvalue weighted by Crippen LogP contribution is 2.58. The Hall–Kier alpha value is -4.48. The second-order valence-corrected chi connectivity index (χ2v) is 11.6. The monoisotopic (exact) mass is 558 g/mol. The topological polar surface area (TPSA) is 66.5 Å². The Morgan fingerprint density at radius 1 is 0.829 bits per heavy atom. The maximum Gasteiger partial charge on any atom is 0.238 e. The molecule has 0 radical (unpaired) electrons. The van der Waals surface area contributed by atoms with E-state index in [4.69, 9.17) is 11.6 Å². The van der Waals surface area contributed by atoms with E-state index in [1.165, 1.54) is 0 Å². The zero-order chi connectivity index (χ0) is 28.5. The quantitative estimate of drug-likeness (QED) is 0.277. The molecule has 6 heteroatoms. The number of hydrogen-bond acceptors (Lipinski definition) is 4. The Morgan fingerprint density at radius 3 is 2.27 bits per heavy atom. The Morgan fingerprint density at radius 2 is 1.51 bits per heavy atom. The number of ketones is 2. The molecule has 1 amide bonds. The van der Waals surface area contributed by atoms with Crippen molar-refractivity contribution in [2.75, 3.05) is 10.2 Å². The molecule has 4 atom stereocenters. The lowest BCUT2D eigenvalue weighted by Gasteiger charge is -2.39. The number of carbonyl (C=O) groups excluding carboxylic acids is 3. The second kappa shape index (κ2) is 9.28. The molecule has 1 fully saturated rings. The van der Waals surface area contributed by atoms with Crippen molar-refractivity contribution in [2.24, 2.45) is 5.92 Å². The number of carbonyl (C=O) groups is 3. The van der Waals surface area contributed by atoms with Crippen LogP contribution >= 0.6 is 11.6 Å². The minimum absolute atomic E-state index is 0.198. The van der Waals surface area contributed by atoms with Gasteiger partial charge < -0.3 is 10.2 Å². The molecule has 3 aliphatic heterocycles. The Balaban J connectivity index is 1.56. The van der Waals surface area contributed by atoms with Crippen LogP contribution in [0.2, 0.25) is 5.02 Å². The van der Waals surface area contributed by atoms with Crippen LogP contribution in [0.15, 0.2) is 103 Å². The zero-order valence-electron chi connectivity index (χ0n) is 22.6. The van der Waals surface area contributed by atoms with Crippen molar-refractivity contribution >= 4 is 46.0 Å². The third-order valence-corrected chi connectivity index (χ3v) is 9.12. The summed E-state index contributed by atoms with van der Waals surface area (Å²) in [4.78, 5) is 45.9. The first kappa shape index (κ1) is 25.5. The fourth-order valence-corrected chi connectivity index (χ4v) is 7.24. The number of allylic oxidation sites excluding steroid dienone is 1. The number of hydrogen-bond donors (Lipinski definition) is 1. The van der Waals surface area contributed by atoms with Crippen LogP contribution in [0, 0.1) is 12.8 Å². The maximum absolute atomic E-state index is 14.8. The molecule has 4 aromatic carbocycles. The van der Waals surface area contributed by atoms with E-state index in [0.717, 1.165) is 28.0 Å². The van der Waals surface area contributed by atoms with Gasteiger partial charge in [-0.3, -0.25) is 14.4 Å². The average Bonchev–Trinajstić information content (AvgIpc) is 3.45. The summed E-state index contributed by atoms with van der Waals surface area (Å²) < 4.78 is 0. The summed E-state index contributed by atoms with van der Waals surface area (Å²) in [6.45, 7) is 4.07. The van der Waals surface area contributed by atoms with Gasteiger partial charge in [0.05, 0.1) is 12.0 Å². The summed E-state index contributed by atoms with van der Waals surface area (Å²) in [7, 11) is 0. The van der Waals surface area contributed by atoms with Crippen molar-refractivity contribution in [3.63, 3.8) is 0 Å². The smallest absolute Gasteiger partial charge is 0.238 e. The molecule has 202 valence electrons. The van der Waals surface area contributed by atoms with Crippen LogP contribution in [0.25, 0.3) is 5.57 Å². The molecule has 1 spiro atoms. The first-order valence-corrected chi connectivity index (χ1v) is 14.1. The highest BCUT2D eigenvalue weighted by molar-refractivity contribution is 6.30. The number of amides is 1. The summed E-state index contributed by atoms with van der Waals surface area (Å²) in [5, 5.41) is 3.58. The summed E-state index contributed by atoms with van der Waals surface area (Å²) in [5.41, 5.74) is 4.90. The molecule has 4 aromatic rings. The van der Waals surface area contributed by atoms with E-state index in [9.17, 15) is 14.4 Å². The minimum atomic E-state index is -1.34. The number of halogens is 1. The lowest BCUT2D eigenvalue weighted by atomic mass is 9.64. The third kappa shape index (κ3) is 3.58. The lowest BCUT2D eigenvalue weighted by Crippen LogP contribution is -2.51. The van der Waals surface area contributed by atoms with E-state index in [2.05, 4.69) is 17.5 Å². The zero-order valence-corrected chi connectivity index (χ0v) is 23.4. The van der Waals surface area contributed by atoms with Crippen molar-refractivity contribution in [3.05, 3.63) is 136 Å². The molecule has 3 heterocycles. The molecule has 41 heavy (non-hydrogen) atoms. The van der Waals surface area contributed by atoms with Crippen LogP contribution in [-0.4, -0.2) is 29.6 Å². The highest BCUT2D eigenvalue weighted by Gasteiger charge is 2.70. The van der Waals surface area contributed by atoms with Gasteiger partial charge in [0.2, 0.25) is 5.91 Å². The molecule has 5 nitrogen and oxygen atoms in total. The van der Waals surface area contributed by atoms with Gasteiger partial charge in [-0.25, -0.2) is 0 Å². The van der Waals surface area contributed by atoms with Gasteiger partial charge in [-0.2, -0.15) is 0 Å². The van der Waals surface area contributed by atoms with Crippen molar-refractivity contribution in [1.82, 2.24) is 0 Å². The summed E-state index contributed by atoms with van der Waals surface area (Å²) in [6, 6.07) is 27.9. The van der Waals surface area contributed by atoms with Gasteiger partial charge in [0.25, 0.3) is 0 Å². The van der Waals surface area contributed by atoms with E-state index in [0.29, 0.717) is 21.8 Å². The van der Waals surface area contributed by atoms with Crippen LogP contribution in [0.5, 0.6) is 0 Å². The van der Waals surface area contributed by atoms with Gasteiger partial charge >= 0.3 is 0 Å². The highest BCUT2D eigenvalue weighted by atomic mass is 35.5. The predicted molar refractivity (Wildman–Crippen MR) is 162 cm³/mol. The van der Waals surface area contributed by atoms with Crippen LogP contribution in [0.1, 0.15) is 44.3 Å². The van der Waals surface area contributed by atoms with Gasteiger partial charge in [-0.1, -0.05) is 77.8 Å². The second-order valence-electron chi connectivity index (χ2n) is 11.1. The van der Waals surface area contributed by atoms with Crippen LogP contribution in [0.4, 0.5) is 11.4 Å². The van der Waals surface area contributed by atoms with Crippen LogP contribution < -0.4 is 10.2 Å². The molecule has 0 aliphatic carbocycles. The van der Waals surface area contributed by atoms with Crippen molar-refractivity contribution < 1.29 is 14.4 Å². The number of anilines is 2. The van der Waals surface area contributed by atoms with Gasteiger partial charge in [0.15, 0.2) is 11.6 Å². The van der Waals surface area contributed by atoms with Crippen molar-refractivity contribution in [2.45, 2.75) is 31.3 Å². The molecular weight excluding hydrogens is 532 g/mol. The van der Waals surface area contributed by atoms with E-state index >= 15 is 0 Å². The maximum atomic E-state index is 14.8. The van der Waals surface area contributed by atoms with Crippen LogP contribution in [0.3, 0.4) is 0 Å². The van der Waals surface area contributed by atoms with E-state index in [1.54, 1.807) is 36.4 Å². The van der Waals surface area contributed by atoms with Gasteiger partial charge in [-0.15, -0.1) is 0 Å². The van der Waals surface area contributed by atoms with E-state index in [1.807, 2.05) is 73.3 Å². The summed E-state index contributed by atoms with van der Waals surface area (Å²) >= 11 is 6.18. The number of fused-ring (bicyclic) bond motifs is 6. The molecule has 7 rings (SSSR count). The average molecular weight is 559 g/mol. The first-order chi connectivity index (χ1) is 19.8. The minimum Gasteiger partial charge on any atom is -0.352 e. The third-order valence-electron chi connectivity index (χ3n) is 8.87. The molecule has 0 bridgehead atoms. The fourth-order valence-electron chi connectivity index (χ4n) is 7.11. The normalized spacial score (nSPS) is 23.9. The molecule has 0 unspecified atom stereocenters. The first-order valence-electron chi connectivity index (χ1n) is 13.7. The van der Waals surface area contributed by atoms with Gasteiger partial charge in [-0.05, 0) is 67.4 Å². The fraction of sp³-hybridized carbons (Fsp3) is 0.171. The van der Waals surface area contributed by atoms with E-state index in [-0.39, 0.29) is 17.5 Å². The van der Waals surface area contributed by atoms with Crippen molar-refractivity contribution in [1.29, 1.82) is 0 Å². The molecule has 0 aromatic heterocycles. The number of para-hydroxylation sites is 1. The van der Waals surface area contributed by atoms with Gasteiger partial charge in [0.1, 0.15) is 11.5 Å². The summed E-state index contributed by atoms with van der Waals surface area (Å²) in [5.74, 6) is -1.75. The number of nitrogens with one attached hydrogen (secondary N) is 1. The van der Waals surface area contributed by atoms with Gasteiger partial charge in [0, 0.05) is 33.1 Å². The summed E-state index contributed by atoms with van der Waals surface area (Å²) in [6.07, 6.45) is 2.07. The SMILES string of the molecule is CC1=C[C@H]2N(c3ccc(C)cc31)[C@H](C(=O)c1ccccc1)[C@@H](C(=O)c1ccc(Cl)cc1)[C@]21C(=O)Nc2ccccc21. The Bertz CT molecular complexity index is 1780. The molecule has 1 saturated heterocycles. The number of rotatable bonds is 4. The lowest BCUT2D eigenvalue weighted by molar-refractivity contribution is -0.121. The number of aryl methyl sites for hydroxylation is 1. The molecule has 3 aliphatic rings. The van der Waals surface area contributed by atoms with Crippen LogP contribution in [-0.2, 0) is 10.2 Å². The molecule has 0 saturated carbocycles. The standard InChI is InChI=1S/C35H27ClN2O3/c1-20-12-17-28-25(18-20)21(2)19-29-35(26-10-6-7-11-27(26)37-34(35)41)30(32(39)23-13-15-24(36)16-14-23)31(38(28)29)33(40)22-8-4-3-5-9-22/h3-19,29-31H,1-2H3,(H,37,41)/t29-,30+,31+,35-/m1/s1. The predicted octanol–water partition coefficient (Wildman–Crippen LogP) is 6.89. The molecular formula is C35H27ClN2O3. The number of Topliss-reactive ketones (excluding diaryl/α,β-unsaturated/α-hetero) is 2. The Kier molecular flexibility index (Phi) is 5.77. The molecule has 1 N–H and O–H groups in total. The number of nitrogens with zero attached hydrogens (tertiary/aromatic N) is 1. The Labute approximate surface area is 243 Å². The van der Waals surface area contributed by atoms with E-state index < -0.39 is 23.4 Å². The largest absolute Gasteiger partial charge is 0.352 e.